The van der Waals surface area contributed by atoms with Crippen molar-refractivity contribution in [3.8, 4) is 5.75 Å². The van der Waals surface area contributed by atoms with Gasteiger partial charge in [-0.2, -0.15) is 0 Å². The molecule has 4 heteroatoms. The van der Waals surface area contributed by atoms with E-state index in [-0.39, 0.29) is 11.9 Å². The maximum atomic E-state index is 11.6. The second-order valence-corrected chi connectivity index (χ2v) is 4.79. The van der Waals surface area contributed by atoms with Gasteiger partial charge < -0.3 is 15.4 Å². The summed E-state index contributed by atoms with van der Waals surface area (Å²) in [6.45, 7) is 7.14. The van der Waals surface area contributed by atoms with Crippen molar-refractivity contribution in [3.05, 3.63) is 29.3 Å². The molecule has 0 saturated carbocycles. The van der Waals surface area contributed by atoms with Gasteiger partial charge in [-0.15, -0.1) is 0 Å². The Kier molecular flexibility index (Phi) is 6.36. The van der Waals surface area contributed by atoms with E-state index >= 15 is 0 Å². The number of hydrogen-bond acceptors (Lipinski definition) is 3. The van der Waals surface area contributed by atoms with Gasteiger partial charge >= 0.3 is 0 Å². The van der Waals surface area contributed by atoms with Crippen LogP contribution in [0, 0.1) is 13.8 Å². The molecule has 0 aliphatic rings. The lowest BCUT2D eigenvalue weighted by Gasteiger charge is -2.13. The van der Waals surface area contributed by atoms with Crippen molar-refractivity contribution in [1.29, 1.82) is 0 Å². The summed E-state index contributed by atoms with van der Waals surface area (Å²) in [6, 6.07) is 6.23. The monoisotopic (exact) mass is 264 g/mol. The molecule has 1 aromatic rings. The van der Waals surface area contributed by atoms with E-state index in [0.717, 1.165) is 11.3 Å². The summed E-state index contributed by atoms with van der Waals surface area (Å²) in [5, 5.41) is 5.93. The second kappa shape index (κ2) is 7.79. The molecular weight excluding hydrogens is 240 g/mol. The molecular formula is C15H24N2O2. The number of aryl methyl sites for hydroxylation is 1. The number of carbonyl (C=O) groups excluding carboxylic acids is 1. The fraction of sp³-hybridized carbons (Fsp3) is 0.533. The summed E-state index contributed by atoms with van der Waals surface area (Å²) in [5.74, 6) is 0.879. The number of hydrogen-bond donors (Lipinski definition) is 2. The number of ether oxygens (including phenoxy) is 1. The van der Waals surface area contributed by atoms with Gasteiger partial charge in [-0.05, 0) is 45.0 Å². The van der Waals surface area contributed by atoms with E-state index in [1.54, 1.807) is 0 Å². The van der Waals surface area contributed by atoms with Crippen LogP contribution in [0.5, 0.6) is 5.75 Å². The van der Waals surface area contributed by atoms with Crippen LogP contribution in [0.3, 0.4) is 0 Å². The first-order chi connectivity index (χ1) is 9.04. The van der Waals surface area contributed by atoms with Crippen molar-refractivity contribution >= 4 is 5.91 Å². The van der Waals surface area contributed by atoms with Crippen molar-refractivity contribution < 1.29 is 9.53 Å². The van der Waals surface area contributed by atoms with Crippen molar-refractivity contribution in [2.24, 2.45) is 0 Å². The Balaban J connectivity index is 2.30. The SMILES string of the molecule is CNC(C)CNC(=O)CCOc1cccc(C)c1C. The van der Waals surface area contributed by atoms with Crippen molar-refractivity contribution in [2.75, 3.05) is 20.2 Å². The van der Waals surface area contributed by atoms with Gasteiger partial charge in [-0.1, -0.05) is 12.1 Å². The zero-order valence-electron chi connectivity index (χ0n) is 12.2. The molecule has 19 heavy (non-hydrogen) atoms. The van der Waals surface area contributed by atoms with Gasteiger partial charge in [-0.25, -0.2) is 0 Å². The lowest BCUT2D eigenvalue weighted by Crippen LogP contribution is -2.37. The van der Waals surface area contributed by atoms with E-state index < -0.39 is 0 Å². The Morgan fingerprint density at radius 3 is 2.79 bits per heavy atom. The van der Waals surface area contributed by atoms with Gasteiger partial charge in [0.15, 0.2) is 0 Å². The lowest BCUT2D eigenvalue weighted by atomic mass is 10.1. The maximum Gasteiger partial charge on any atom is 0.223 e. The van der Waals surface area contributed by atoms with Crippen LogP contribution < -0.4 is 15.4 Å². The van der Waals surface area contributed by atoms with Gasteiger partial charge in [0.25, 0.3) is 0 Å². The molecule has 4 nitrogen and oxygen atoms in total. The van der Waals surface area contributed by atoms with Crippen LogP contribution in [0.25, 0.3) is 0 Å². The van der Waals surface area contributed by atoms with Crippen molar-refractivity contribution in [2.45, 2.75) is 33.2 Å². The molecule has 0 bridgehead atoms. The molecule has 1 atom stereocenters. The molecule has 1 aromatic carbocycles. The molecule has 0 aliphatic heterocycles. The minimum Gasteiger partial charge on any atom is -0.493 e. The van der Waals surface area contributed by atoms with Crippen LogP contribution in [0.15, 0.2) is 18.2 Å². The molecule has 0 fully saturated rings. The standard InChI is InChI=1S/C15H24N2O2/c1-11-6-5-7-14(13(11)3)19-9-8-15(18)17-10-12(2)16-4/h5-7,12,16H,8-10H2,1-4H3,(H,17,18). The molecule has 1 unspecified atom stereocenters. The first-order valence-electron chi connectivity index (χ1n) is 6.67. The van der Waals surface area contributed by atoms with Crippen LogP contribution in [-0.2, 0) is 4.79 Å². The Labute approximate surface area is 115 Å². The number of carbonyl (C=O) groups is 1. The topological polar surface area (TPSA) is 50.4 Å². The lowest BCUT2D eigenvalue weighted by molar-refractivity contribution is -0.121. The average Bonchev–Trinajstić information content (AvgIpc) is 2.40. The number of benzene rings is 1. The number of likely N-dealkylation sites (N-methyl/N-ethyl adjacent to an activating group) is 1. The summed E-state index contributed by atoms with van der Waals surface area (Å²) in [6.07, 6.45) is 0.379. The summed E-state index contributed by atoms with van der Waals surface area (Å²) in [5.41, 5.74) is 2.33. The molecule has 2 N–H and O–H groups in total. The fourth-order valence-corrected chi connectivity index (χ4v) is 1.59. The average molecular weight is 264 g/mol. The van der Waals surface area contributed by atoms with Gasteiger partial charge in [-0.3, -0.25) is 4.79 Å². The third-order valence-electron chi connectivity index (χ3n) is 3.24. The van der Waals surface area contributed by atoms with E-state index in [4.69, 9.17) is 4.74 Å². The summed E-state index contributed by atoms with van der Waals surface area (Å²) < 4.78 is 5.64. The summed E-state index contributed by atoms with van der Waals surface area (Å²) in [7, 11) is 1.88. The van der Waals surface area contributed by atoms with Gasteiger partial charge in [0.2, 0.25) is 5.91 Å². The Hall–Kier alpha value is -1.55. The molecule has 1 rings (SSSR count). The third-order valence-corrected chi connectivity index (χ3v) is 3.24. The quantitative estimate of drug-likeness (QED) is 0.789. The Morgan fingerprint density at radius 2 is 2.11 bits per heavy atom. The van der Waals surface area contributed by atoms with E-state index in [9.17, 15) is 4.79 Å². The maximum absolute atomic E-state index is 11.6. The molecule has 0 heterocycles. The fourth-order valence-electron chi connectivity index (χ4n) is 1.59. The third kappa shape index (κ3) is 5.30. The van der Waals surface area contributed by atoms with Crippen LogP contribution in [-0.4, -0.2) is 32.1 Å². The Morgan fingerprint density at radius 1 is 1.37 bits per heavy atom. The molecule has 106 valence electrons. The minimum absolute atomic E-state index is 0.0207. The molecule has 0 radical (unpaired) electrons. The van der Waals surface area contributed by atoms with E-state index in [1.807, 2.05) is 46.0 Å². The molecule has 0 spiro atoms. The Bertz CT molecular complexity index is 419. The van der Waals surface area contributed by atoms with Crippen LogP contribution in [0.1, 0.15) is 24.5 Å². The number of amides is 1. The van der Waals surface area contributed by atoms with Gasteiger partial charge in [0.05, 0.1) is 13.0 Å². The molecule has 0 aliphatic carbocycles. The minimum atomic E-state index is 0.0207. The zero-order valence-corrected chi connectivity index (χ0v) is 12.2. The van der Waals surface area contributed by atoms with E-state index in [1.165, 1.54) is 5.56 Å². The molecule has 1 amide bonds. The largest absolute Gasteiger partial charge is 0.493 e. The van der Waals surface area contributed by atoms with Crippen LogP contribution in [0.2, 0.25) is 0 Å². The van der Waals surface area contributed by atoms with Crippen molar-refractivity contribution in [1.82, 2.24) is 10.6 Å². The second-order valence-electron chi connectivity index (χ2n) is 4.79. The highest BCUT2D eigenvalue weighted by atomic mass is 16.5. The first-order valence-corrected chi connectivity index (χ1v) is 6.67. The number of nitrogens with one attached hydrogen (secondary N) is 2. The highest BCUT2D eigenvalue weighted by Gasteiger charge is 2.05. The predicted octanol–water partition coefficient (Wildman–Crippen LogP) is 1.80. The smallest absolute Gasteiger partial charge is 0.223 e. The van der Waals surface area contributed by atoms with Gasteiger partial charge in [0, 0.05) is 12.6 Å². The van der Waals surface area contributed by atoms with E-state index in [0.29, 0.717) is 19.6 Å². The molecule has 0 aromatic heterocycles. The summed E-state index contributed by atoms with van der Waals surface area (Å²) in [4.78, 5) is 11.6. The summed E-state index contributed by atoms with van der Waals surface area (Å²) >= 11 is 0. The molecule has 0 saturated heterocycles. The normalized spacial score (nSPS) is 12.0. The highest BCUT2D eigenvalue weighted by Crippen LogP contribution is 2.20. The number of rotatable bonds is 7. The zero-order chi connectivity index (χ0) is 14.3. The highest BCUT2D eigenvalue weighted by molar-refractivity contribution is 5.76. The predicted molar refractivity (Wildman–Crippen MR) is 77.6 cm³/mol. The van der Waals surface area contributed by atoms with Crippen LogP contribution in [0.4, 0.5) is 0 Å². The van der Waals surface area contributed by atoms with Gasteiger partial charge in [0.1, 0.15) is 5.75 Å². The first kappa shape index (κ1) is 15.5. The van der Waals surface area contributed by atoms with Crippen molar-refractivity contribution in [3.63, 3.8) is 0 Å². The van der Waals surface area contributed by atoms with Crippen LogP contribution >= 0.6 is 0 Å². The van der Waals surface area contributed by atoms with E-state index in [2.05, 4.69) is 10.6 Å².